The molecule has 32 heavy (non-hydrogen) atoms. The molecule has 0 aromatic heterocycles. The molecule has 0 aliphatic carbocycles. The maximum Gasteiger partial charge on any atom is 0.412 e. The van der Waals surface area contributed by atoms with Crippen molar-refractivity contribution in [3.8, 4) is 11.5 Å². The lowest BCUT2D eigenvalue weighted by Gasteiger charge is -2.25. The Morgan fingerprint density at radius 2 is 1.91 bits per heavy atom. The average molecular weight is 461 g/mol. The number of methoxy groups -OCH3 is 1. The number of carbonyl (C=O) groups is 2. The highest BCUT2D eigenvalue weighted by Crippen LogP contribution is 2.35. The fraction of sp³-hybridized carbons (Fsp3) is 0.304. The van der Waals surface area contributed by atoms with Gasteiger partial charge in [-0.05, 0) is 67.0 Å². The molecule has 2 aromatic carbocycles. The van der Waals surface area contributed by atoms with E-state index in [4.69, 9.17) is 14.7 Å². The molecule has 2 aromatic rings. The third-order valence-corrected chi connectivity index (χ3v) is 5.53. The molecule has 9 heteroatoms. The van der Waals surface area contributed by atoms with Crippen molar-refractivity contribution in [1.29, 1.82) is 0 Å². The minimum atomic E-state index is -0.655. The van der Waals surface area contributed by atoms with Gasteiger partial charge >= 0.3 is 6.09 Å². The topological polar surface area (TPSA) is 117 Å². The summed E-state index contributed by atoms with van der Waals surface area (Å²) in [5.74, 6) is -0.499. The summed E-state index contributed by atoms with van der Waals surface area (Å²) >= 11 is 1.60. The number of ether oxygens (including phenoxy) is 2. The molecule has 172 valence electrons. The van der Waals surface area contributed by atoms with Crippen molar-refractivity contribution in [2.45, 2.75) is 30.8 Å². The molecule has 4 N–H and O–H groups in total. The number of phenolic OH excluding ortho intramolecular Hbond substituents is 1. The fourth-order valence-corrected chi connectivity index (χ4v) is 3.48. The van der Waals surface area contributed by atoms with E-state index < -0.39 is 18.1 Å². The second kappa shape index (κ2) is 12.6. The van der Waals surface area contributed by atoms with Crippen molar-refractivity contribution < 1.29 is 29.4 Å². The van der Waals surface area contributed by atoms with Crippen molar-refractivity contribution >= 4 is 29.4 Å². The average Bonchev–Trinajstić information content (AvgIpc) is 2.80. The van der Waals surface area contributed by atoms with E-state index in [0.717, 1.165) is 4.90 Å². The van der Waals surface area contributed by atoms with Gasteiger partial charge in [0.25, 0.3) is 5.91 Å². The van der Waals surface area contributed by atoms with Gasteiger partial charge in [-0.15, -0.1) is 11.8 Å². The molecule has 0 radical (unpaired) electrons. The van der Waals surface area contributed by atoms with Gasteiger partial charge in [-0.3, -0.25) is 15.3 Å². The van der Waals surface area contributed by atoms with Crippen LogP contribution in [0.2, 0.25) is 0 Å². The highest BCUT2D eigenvalue weighted by atomic mass is 32.2. The zero-order valence-electron chi connectivity index (χ0n) is 18.2. The second-order valence-corrected chi connectivity index (χ2v) is 7.92. The number of allylic oxidation sites excluding steroid dienone is 1. The molecule has 0 saturated heterocycles. The van der Waals surface area contributed by atoms with Crippen LogP contribution in [0.15, 0.2) is 59.5 Å². The van der Waals surface area contributed by atoms with Crippen LogP contribution in [-0.2, 0) is 9.53 Å². The fourth-order valence-electron chi connectivity index (χ4n) is 3.07. The van der Waals surface area contributed by atoms with Crippen LogP contribution in [0.1, 0.15) is 31.4 Å². The smallest absolute Gasteiger partial charge is 0.412 e. The van der Waals surface area contributed by atoms with Crippen molar-refractivity contribution in [1.82, 2.24) is 5.48 Å². The third-order valence-electron chi connectivity index (χ3n) is 4.79. The SMILES string of the molecule is COc1ccc([C@@H](OC(=O)Nc2ccc(SC)cc2)[C@H](C)CC/C=C/C(=O)NO)cc1O. The van der Waals surface area contributed by atoms with Gasteiger partial charge in [0.15, 0.2) is 11.5 Å². The van der Waals surface area contributed by atoms with Crippen LogP contribution in [-0.4, -0.2) is 35.7 Å². The number of thioether (sulfide) groups is 1. The Hall–Kier alpha value is -3.17. The van der Waals surface area contributed by atoms with Crippen molar-refractivity contribution in [3.05, 3.63) is 60.2 Å². The predicted molar refractivity (Wildman–Crippen MR) is 123 cm³/mol. The van der Waals surface area contributed by atoms with Gasteiger partial charge < -0.3 is 14.6 Å². The molecular weight excluding hydrogens is 432 g/mol. The van der Waals surface area contributed by atoms with Gasteiger partial charge in [-0.2, -0.15) is 0 Å². The lowest BCUT2D eigenvalue weighted by Crippen LogP contribution is -2.22. The summed E-state index contributed by atoms with van der Waals surface area (Å²) in [7, 11) is 1.45. The molecule has 0 saturated carbocycles. The van der Waals surface area contributed by atoms with Crippen LogP contribution in [0.3, 0.4) is 0 Å². The molecule has 2 amide bonds. The summed E-state index contributed by atoms with van der Waals surface area (Å²) in [4.78, 5) is 24.8. The molecular formula is C23H28N2O6S. The Labute approximate surface area is 191 Å². The predicted octanol–water partition coefficient (Wildman–Crippen LogP) is 4.89. The first kappa shape index (κ1) is 25.1. The number of hydrogen-bond donors (Lipinski definition) is 4. The number of phenols is 1. The Bertz CT molecular complexity index is 933. The highest BCUT2D eigenvalue weighted by molar-refractivity contribution is 7.98. The zero-order valence-corrected chi connectivity index (χ0v) is 19.0. The maximum absolute atomic E-state index is 12.6. The first-order valence-electron chi connectivity index (χ1n) is 9.97. The lowest BCUT2D eigenvalue weighted by molar-refractivity contribution is -0.124. The van der Waals surface area contributed by atoms with E-state index in [1.165, 1.54) is 24.7 Å². The zero-order chi connectivity index (χ0) is 23.5. The van der Waals surface area contributed by atoms with E-state index in [1.807, 2.05) is 25.3 Å². The highest BCUT2D eigenvalue weighted by Gasteiger charge is 2.24. The number of nitrogens with one attached hydrogen (secondary N) is 2. The summed E-state index contributed by atoms with van der Waals surface area (Å²) in [5, 5.41) is 21.5. The molecule has 8 nitrogen and oxygen atoms in total. The summed E-state index contributed by atoms with van der Waals surface area (Å²) in [6, 6.07) is 12.2. The first-order chi connectivity index (χ1) is 15.4. The number of hydrogen-bond acceptors (Lipinski definition) is 7. The Kier molecular flexibility index (Phi) is 9.90. The minimum absolute atomic E-state index is 0.0571. The molecule has 0 fully saturated rings. The van der Waals surface area contributed by atoms with Crippen LogP contribution in [0.4, 0.5) is 10.5 Å². The Morgan fingerprint density at radius 1 is 1.19 bits per heavy atom. The monoisotopic (exact) mass is 460 g/mol. The number of anilines is 1. The molecule has 0 heterocycles. The maximum atomic E-state index is 12.6. The molecule has 0 unspecified atom stereocenters. The standard InChI is InChI=1S/C23H28N2O6S/c1-15(6-4-5-7-21(27)25-29)22(16-8-13-20(30-2)19(26)14-16)31-23(28)24-17-9-11-18(32-3)12-10-17/h5,7-15,22,26,29H,4,6H2,1-3H3,(H,24,28)(H,25,27)/b7-5+/t15-,22+/m1/s1. The Balaban J connectivity index is 2.14. The van der Waals surface area contributed by atoms with Gasteiger partial charge in [0.05, 0.1) is 7.11 Å². The molecule has 2 rings (SSSR count). The van der Waals surface area contributed by atoms with Crippen LogP contribution in [0.5, 0.6) is 11.5 Å². The number of hydroxylamine groups is 1. The molecule has 0 bridgehead atoms. The van der Waals surface area contributed by atoms with Gasteiger partial charge in [-0.25, -0.2) is 10.3 Å². The summed E-state index contributed by atoms with van der Waals surface area (Å²) in [6.07, 6.45) is 4.65. The first-order valence-corrected chi connectivity index (χ1v) is 11.2. The van der Waals surface area contributed by atoms with E-state index in [-0.39, 0.29) is 11.7 Å². The number of carbonyl (C=O) groups excluding carboxylic acids is 2. The van der Waals surface area contributed by atoms with Crippen molar-refractivity contribution in [2.75, 3.05) is 18.7 Å². The van der Waals surface area contributed by atoms with Crippen LogP contribution < -0.4 is 15.5 Å². The largest absolute Gasteiger partial charge is 0.504 e. The van der Waals surface area contributed by atoms with E-state index >= 15 is 0 Å². The van der Waals surface area contributed by atoms with Gasteiger partial charge in [0.2, 0.25) is 0 Å². The van der Waals surface area contributed by atoms with E-state index in [1.54, 1.807) is 42.1 Å². The normalized spacial score (nSPS) is 12.8. The minimum Gasteiger partial charge on any atom is -0.504 e. The van der Waals surface area contributed by atoms with Crippen LogP contribution >= 0.6 is 11.8 Å². The third kappa shape index (κ3) is 7.51. The van der Waals surface area contributed by atoms with Gasteiger partial charge in [0.1, 0.15) is 6.10 Å². The summed E-state index contributed by atoms with van der Waals surface area (Å²) < 4.78 is 10.8. The molecule has 0 spiro atoms. The summed E-state index contributed by atoms with van der Waals surface area (Å²) in [6.45, 7) is 1.91. The van der Waals surface area contributed by atoms with Gasteiger partial charge in [0, 0.05) is 16.7 Å². The van der Waals surface area contributed by atoms with E-state index in [2.05, 4.69) is 5.32 Å². The van der Waals surface area contributed by atoms with E-state index in [9.17, 15) is 14.7 Å². The molecule has 2 atom stereocenters. The number of aromatic hydroxyl groups is 1. The van der Waals surface area contributed by atoms with Crippen LogP contribution in [0.25, 0.3) is 0 Å². The Morgan fingerprint density at radius 3 is 2.50 bits per heavy atom. The van der Waals surface area contributed by atoms with Gasteiger partial charge in [-0.1, -0.05) is 19.1 Å². The van der Waals surface area contributed by atoms with Crippen molar-refractivity contribution in [2.24, 2.45) is 5.92 Å². The van der Waals surface area contributed by atoms with E-state index in [0.29, 0.717) is 29.8 Å². The second-order valence-electron chi connectivity index (χ2n) is 7.04. The number of benzene rings is 2. The lowest BCUT2D eigenvalue weighted by atomic mass is 9.92. The number of amides is 2. The van der Waals surface area contributed by atoms with Crippen LogP contribution in [0, 0.1) is 5.92 Å². The number of rotatable bonds is 10. The van der Waals surface area contributed by atoms with Crippen molar-refractivity contribution in [3.63, 3.8) is 0 Å². The summed E-state index contributed by atoms with van der Waals surface area (Å²) in [5.41, 5.74) is 2.75. The molecule has 0 aliphatic heterocycles. The quantitative estimate of drug-likeness (QED) is 0.173. The molecule has 0 aliphatic rings.